The van der Waals surface area contributed by atoms with Crippen molar-refractivity contribution in [2.24, 2.45) is 0 Å². The molecule has 5 heteroatoms. The van der Waals surface area contributed by atoms with Crippen LogP contribution in [0.3, 0.4) is 0 Å². The first kappa shape index (κ1) is 12.7. The number of phenols is 2. The maximum absolute atomic E-state index is 12.2. The zero-order valence-corrected chi connectivity index (χ0v) is 10.5. The van der Waals surface area contributed by atoms with Crippen LogP contribution in [-0.4, -0.2) is 16.0 Å². The van der Waals surface area contributed by atoms with Crippen molar-refractivity contribution in [3.63, 3.8) is 0 Å². The zero-order chi connectivity index (χ0) is 13.3. The van der Waals surface area contributed by atoms with Crippen molar-refractivity contribution in [3.8, 4) is 11.5 Å². The summed E-state index contributed by atoms with van der Waals surface area (Å²) in [6, 6.07) is 8.15. The highest BCUT2D eigenvalue weighted by molar-refractivity contribution is 6.37. The molecular formula is C13H8Cl2O3. The summed E-state index contributed by atoms with van der Waals surface area (Å²) in [5.41, 5.74) is 0.196. The maximum atomic E-state index is 12.2. The van der Waals surface area contributed by atoms with Gasteiger partial charge in [-0.2, -0.15) is 0 Å². The van der Waals surface area contributed by atoms with E-state index in [9.17, 15) is 15.0 Å². The fourth-order valence-electron chi connectivity index (χ4n) is 1.52. The lowest BCUT2D eigenvalue weighted by Gasteiger charge is -2.06. The van der Waals surface area contributed by atoms with Crippen molar-refractivity contribution < 1.29 is 15.0 Å². The second-order valence-electron chi connectivity index (χ2n) is 3.65. The molecule has 0 aliphatic rings. The Kier molecular flexibility index (Phi) is 3.45. The Labute approximate surface area is 113 Å². The standard InChI is InChI=1S/C13H8Cl2O3/c14-7-1-3-9(11(15)5-7)13(18)10-6-8(16)2-4-12(10)17/h1-6,16-17H. The summed E-state index contributed by atoms with van der Waals surface area (Å²) in [7, 11) is 0. The lowest BCUT2D eigenvalue weighted by atomic mass is 10.0. The average molecular weight is 283 g/mol. The number of rotatable bonds is 2. The summed E-state index contributed by atoms with van der Waals surface area (Å²) in [6.07, 6.45) is 0. The van der Waals surface area contributed by atoms with E-state index in [0.29, 0.717) is 5.02 Å². The monoisotopic (exact) mass is 282 g/mol. The van der Waals surface area contributed by atoms with Gasteiger partial charge in [0.1, 0.15) is 11.5 Å². The topological polar surface area (TPSA) is 57.5 Å². The third-order valence-corrected chi connectivity index (χ3v) is 2.95. The SMILES string of the molecule is O=C(c1cc(O)ccc1O)c1ccc(Cl)cc1Cl. The molecule has 0 heterocycles. The number of ketones is 1. The predicted octanol–water partition coefficient (Wildman–Crippen LogP) is 3.64. The molecule has 0 aliphatic carbocycles. The number of hydrogen-bond donors (Lipinski definition) is 2. The molecule has 2 aromatic rings. The maximum Gasteiger partial charge on any atom is 0.198 e. The molecule has 0 spiro atoms. The molecule has 2 N–H and O–H groups in total. The molecule has 0 unspecified atom stereocenters. The molecule has 0 amide bonds. The smallest absolute Gasteiger partial charge is 0.198 e. The number of aromatic hydroxyl groups is 2. The Bertz CT molecular complexity index is 624. The quantitative estimate of drug-likeness (QED) is 0.653. The van der Waals surface area contributed by atoms with Gasteiger partial charge < -0.3 is 10.2 Å². The van der Waals surface area contributed by atoms with Crippen molar-refractivity contribution in [1.29, 1.82) is 0 Å². The van der Waals surface area contributed by atoms with E-state index in [0.717, 1.165) is 0 Å². The van der Waals surface area contributed by atoms with Gasteiger partial charge in [0.05, 0.1) is 10.6 Å². The van der Waals surface area contributed by atoms with Crippen molar-refractivity contribution >= 4 is 29.0 Å². The normalized spacial score (nSPS) is 10.3. The van der Waals surface area contributed by atoms with Crippen LogP contribution in [0.4, 0.5) is 0 Å². The molecule has 0 radical (unpaired) electrons. The third-order valence-electron chi connectivity index (χ3n) is 2.40. The third kappa shape index (κ3) is 2.42. The van der Waals surface area contributed by atoms with Crippen molar-refractivity contribution in [2.45, 2.75) is 0 Å². The van der Waals surface area contributed by atoms with Crippen LogP contribution in [-0.2, 0) is 0 Å². The van der Waals surface area contributed by atoms with Crippen LogP contribution in [0.5, 0.6) is 11.5 Å². The lowest BCUT2D eigenvalue weighted by molar-refractivity contribution is 0.103. The van der Waals surface area contributed by atoms with Crippen molar-refractivity contribution in [3.05, 3.63) is 57.6 Å². The van der Waals surface area contributed by atoms with E-state index >= 15 is 0 Å². The molecule has 2 rings (SSSR count). The van der Waals surface area contributed by atoms with Gasteiger partial charge in [0.2, 0.25) is 0 Å². The van der Waals surface area contributed by atoms with E-state index in [2.05, 4.69) is 0 Å². The summed E-state index contributed by atoms with van der Waals surface area (Å²) >= 11 is 11.7. The van der Waals surface area contributed by atoms with Gasteiger partial charge in [0, 0.05) is 10.6 Å². The minimum absolute atomic E-state index is 0.0146. The van der Waals surface area contributed by atoms with Gasteiger partial charge in [-0.15, -0.1) is 0 Å². The number of carbonyl (C=O) groups is 1. The molecular weight excluding hydrogens is 275 g/mol. The molecule has 0 saturated heterocycles. The highest BCUT2D eigenvalue weighted by Crippen LogP contribution is 2.28. The first-order valence-electron chi connectivity index (χ1n) is 5.01. The van der Waals surface area contributed by atoms with Crippen LogP contribution in [0.25, 0.3) is 0 Å². The van der Waals surface area contributed by atoms with E-state index in [1.807, 2.05) is 0 Å². The molecule has 0 bridgehead atoms. The minimum Gasteiger partial charge on any atom is -0.508 e. The van der Waals surface area contributed by atoms with Crippen LogP contribution < -0.4 is 0 Å². The molecule has 0 aromatic heterocycles. The predicted molar refractivity (Wildman–Crippen MR) is 69.7 cm³/mol. The fraction of sp³-hybridized carbons (Fsp3) is 0. The number of hydrogen-bond acceptors (Lipinski definition) is 3. The van der Waals surface area contributed by atoms with Crippen LogP contribution in [0.2, 0.25) is 10.0 Å². The van der Waals surface area contributed by atoms with Gasteiger partial charge in [-0.1, -0.05) is 23.2 Å². The van der Waals surface area contributed by atoms with Crippen LogP contribution in [0.15, 0.2) is 36.4 Å². The van der Waals surface area contributed by atoms with Gasteiger partial charge in [0.25, 0.3) is 0 Å². The number of halogens is 2. The van der Waals surface area contributed by atoms with Crippen molar-refractivity contribution in [2.75, 3.05) is 0 Å². The van der Waals surface area contributed by atoms with E-state index in [1.54, 1.807) is 0 Å². The molecule has 0 fully saturated rings. The van der Waals surface area contributed by atoms with Gasteiger partial charge in [0.15, 0.2) is 5.78 Å². The van der Waals surface area contributed by atoms with Gasteiger partial charge >= 0.3 is 0 Å². The average Bonchev–Trinajstić information content (AvgIpc) is 2.31. The molecule has 0 aliphatic heterocycles. The van der Waals surface area contributed by atoms with Crippen LogP contribution in [0, 0.1) is 0 Å². The molecule has 0 saturated carbocycles. The van der Waals surface area contributed by atoms with Crippen LogP contribution in [0.1, 0.15) is 15.9 Å². The summed E-state index contributed by atoms with van der Waals surface area (Å²) < 4.78 is 0. The van der Waals surface area contributed by atoms with E-state index in [-0.39, 0.29) is 27.6 Å². The molecule has 2 aromatic carbocycles. The molecule has 3 nitrogen and oxygen atoms in total. The summed E-state index contributed by atoms with van der Waals surface area (Å²) in [4.78, 5) is 12.2. The minimum atomic E-state index is -0.481. The molecule has 18 heavy (non-hydrogen) atoms. The second kappa shape index (κ2) is 4.88. The Morgan fingerprint density at radius 3 is 2.33 bits per heavy atom. The number of benzene rings is 2. The first-order chi connectivity index (χ1) is 8.49. The fourth-order valence-corrected chi connectivity index (χ4v) is 2.02. The highest BCUT2D eigenvalue weighted by atomic mass is 35.5. The zero-order valence-electron chi connectivity index (χ0n) is 9.02. The highest BCUT2D eigenvalue weighted by Gasteiger charge is 2.17. The second-order valence-corrected chi connectivity index (χ2v) is 4.50. The van der Waals surface area contributed by atoms with E-state index < -0.39 is 5.78 Å². The Morgan fingerprint density at radius 1 is 0.944 bits per heavy atom. The summed E-state index contributed by atoms with van der Waals surface area (Å²) in [5.74, 6) is -0.810. The lowest BCUT2D eigenvalue weighted by Crippen LogP contribution is -2.02. The molecule has 0 atom stereocenters. The molecule has 92 valence electrons. The summed E-state index contributed by atoms with van der Waals surface area (Å²) in [5, 5.41) is 19.5. The van der Waals surface area contributed by atoms with Gasteiger partial charge in [-0.25, -0.2) is 0 Å². The van der Waals surface area contributed by atoms with Gasteiger partial charge in [-0.05, 0) is 36.4 Å². The van der Waals surface area contributed by atoms with E-state index in [4.69, 9.17) is 23.2 Å². The Balaban J connectivity index is 2.51. The number of phenolic OH excluding ortho intramolecular Hbond substituents is 2. The van der Waals surface area contributed by atoms with Gasteiger partial charge in [-0.3, -0.25) is 4.79 Å². The van der Waals surface area contributed by atoms with Crippen LogP contribution >= 0.6 is 23.2 Å². The summed E-state index contributed by atoms with van der Waals surface area (Å²) in [6.45, 7) is 0. The van der Waals surface area contributed by atoms with Crippen molar-refractivity contribution in [1.82, 2.24) is 0 Å². The first-order valence-corrected chi connectivity index (χ1v) is 5.76. The van der Waals surface area contributed by atoms with E-state index in [1.165, 1.54) is 36.4 Å². The Hall–Kier alpha value is -1.71. The Morgan fingerprint density at radius 2 is 1.67 bits per heavy atom. The largest absolute Gasteiger partial charge is 0.508 e. The number of carbonyl (C=O) groups excluding carboxylic acids is 1.